The molecule has 0 aliphatic carbocycles. The summed E-state index contributed by atoms with van der Waals surface area (Å²) >= 11 is 11.7. The number of aryl methyl sites for hydroxylation is 1. The number of aromatic nitrogens is 4. The van der Waals surface area contributed by atoms with Crippen LogP contribution in [0.5, 0.6) is 0 Å². The molecule has 0 aliphatic rings. The minimum atomic E-state index is -4.95. The quantitative estimate of drug-likeness (QED) is 0.608. The minimum absolute atomic E-state index is 0.184. The number of alkyl halides is 3. The first-order chi connectivity index (χ1) is 14.5. The van der Waals surface area contributed by atoms with Gasteiger partial charge in [0.1, 0.15) is 12.4 Å². The molecule has 0 spiro atoms. The maximum atomic E-state index is 13.4. The number of benzene rings is 1. The van der Waals surface area contributed by atoms with Crippen LogP contribution in [0, 0.1) is 6.92 Å². The summed E-state index contributed by atoms with van der Waals surface area (Å²) in [6, 6.07) is 7.14. The molecule has 2 aromatic heterocycles. The SMILES string of the molecule is Cc1cc([C@H](C)NC(=O)Cn2nc(C(F)(F)F)n(-c3ccc(Cl)cn3)c2=O)ccc1Cl. The molecule has 0 saturated carbocycles. The Balaban J connectivity index is 1.87. The second kappa shape index (κ2) is 8.72. The highest BCUT2D eigenvalue weighted by Gasteiger charge is 2.40. The summed E-state index contributed by atoms with van der Waals surface area (Å²) < 4.78 is 41.1. The van der Waals surface area contributed by atoms with Gasteiger partial charge in [-0.15, -0.1) is 5.10 Å². The lowest BCUT2D eigenvalue weighted by Crippen LogP contribution is -2.35. The molecule has 0 bridgehead atoms. The van der Waals surface area contributed by atoms with Crippen molar-refractivity contribution in [3.63, 3.8) is 0 Å². The molecule has 12 heteroatoms. The van der Waals surface area contributed by atoms with Gasteiger partial charge in [-0.1, -0.05) is 35.3 Å². The summed E-state index contributed by atoms with van der Waals surface area (Å²) in [7, 11) is 0. The third-order valence-electron chi connectivity index (χ3n) is 4.39. The Morgan fingerprint density at radius 3 is 2.52 bits per heavy atom. The number of hydrogen-bond acceptors (Lipinski definition) is 4. The first kappa shape index (κ1) is 22.8. The van der Waals surface area contributed by atoms with E-state index in [-0.39, 0.29) is 15.4 Å². The van der Waals surface area contributed by atoms with E-state index in [4.69, 9.17) is 23.2 Å². The van der Waals surface area contributed by atoms with E-state index in [1.807, 2.05) is 0 Å². The van der Waals surface area contributed by atoms with Gasteiger partial charge in [0, 0.05) is 11.2 Å². The summed E-state index contributed by atoms with van der Waals surface area (Å²) in [5.74, 6) is -2.51. The topological polar surface area (TPSA) is 81.8 Å². The molecule has 7 nitrogen and oxygen atoms in total. The Labute approximate surface area is 184 Å². The van der Waals surface area contributed by atoms with Crippen molar-refractivity contribution in [2.75, 3.05) is 0 Å². The molecular formula is C19H16Cl2F3N5O2. The van der Waals surface area contributed by atoms with E-state index in [1.54, 1.807) is 32.0 Å². The fraction of sp³-hybridized carbons (Fsp3) is 0.263. The molecule has 1 aromatic carbocycles. The summed E-state index contributed by atoms with van der Waals surface area (Å²) in [6.45, 7) is 2.79. The van der Waals surface area contributed by atoms with Gasteiger partial charge in [0.25, 0.3) is 0 Å². The summed E-state index contributed by atoms with van der Waals surface area (Å²) in [6.07, 6.45) is -3.85. The second-order valence-electron chi connectivity index (χ2n) is 6.73. The number of amides is 1. The minimum Gasteiger partial charge on any atom is -0.348 e. The number of halogens is 5. The van der Waals surface area contributed by atoms with E-state index in [1.165, 1.54) is 6.07 Å². The molecule has 0 unspecified atom stereocenters. The van der Waals surface area contributed by atoms with Gasteiger partial charge in [-0.3, -0.25) is 4.79 Å². The summed E-state index contributed by atoms with van der Waals surface area (Å²) in [5.41, 5.74) is 0.391. The highest BCUT2D eigenvalue weighted by atomic mass is 35.5. The van der Waals surface area contributed by atoms with E-state index in [9.17, 15) is 22.8 Å². The second-order valence-corrected chi connectivity index (χ2v) is 7.57. The lowest BCUT2D eigenvalue weighted by molar-refractivity contribution is -0.146. The number of carbonyl (C=O) groups is 1. The van der Waals surface area contributed by atoms with Gasteiger partial charge in [0.2, 0.25) is 11.7 Å². The number of nitrogens with zero attached hydrogens (tertiary/aromatic N) is 4. The Kier molecular flexibility index (Phi) is 6.42. The van der Waals surface area contributed by atoms with Crippen LogP contribution in [0.25, 0.3) is 5.82 Å². The Hall–Kier alpha value is -2.85. The van der Waals surface area contributed by atoms with E-state index >= 15 is 0 Å². The molecule has 0 radical (unpaired) electrons. The van der Waals surface area contributed by atoms with Crippen LogP contribution in [0.3, 0.4) is 0 Å². The average Bonchev–Trinajstić information content (AvgIpc) is 3.01. The predicted octanol–water partition coefficient (Wildman–Crippen LogP) is 3.94. The molecule has 1 amide bonds. The average molecular weight is 474 g/mol. The van der Waals surface area contributed by atoms with Gasteiger partial charge >= 0.3 is 11.9 Å². The third kappa shape index (κ3) is 5.08. The van der Waals surface area contributed by atoms with Gasteiger partial charge in [0.05, 0.1) is 11.1 Å². The van der Waals surface area contributed by atoms with Gasteiger partial charge < -0.3 is 5.32 Å². The largest absolute Gasteiger partial charge is 0.452 e. The van der Waals surface area contributed by atoms with Crippen LogP contribution < -0.4 is 11.0 Å². The van der Waals surface area contributed by atoms with Crippen molar-refractivity contribution >= 4 is 29.1 Å². The monoisotopic (exact) mass is 473 g/mol. The number of hydrogen-bond donors (Lipinski definition) is 1. The molecular weight excluding hydrogens is 458 g/mol. The number of pyridine rings is 1. The normalized spacial score (nSPS) is 12.6. The van der Waals surface area contributed by atoms with Crippen LogP contribution in [0.2, 0.25) is 10.0 Å². The summed E-state index contributed by atoms with van der Waals surface area (Å²) in [5, 5.41) is 6.69. The van der Waals surface area contributed by atoms with Crippen molar-refractivity contribution in [2.24, 2.45) is 0 Å². The molecule has 0 aliphatic heterocycles. The lowest BCUT2D eigenvalue weighted by atomic mass is 10.1. The van der Waals surface area contributed by atoms with Crippen LogP contribution in [-0.4, -0.2) is 25.2 Å². The number of carbonyl (C=O) groups excluding carboxylic acids is 1. The fourth-order valence-corrected chi connectivity index (χ4v) is 3.07. The molecule has 1 N–H and O–H groups in total. The molecule has 3 rings (SSSR count). The van der Waals surface area contributed by atoms with Crippen LogP contribution in [0.1, 0.15) is 29.9 Å². The predicted molar refractivity (Wildman–Crippen MR) is 108 cm³/mol. The smallest absolute Gasteiger partial charge is 0.348 e. The highest BCUT2D eigenvalue weighted by Crippen LogP contribution is 2.28. The molecule has 31 heavy (non-hydrogen) atoms. The van der Waals surface area contributed by atoms with Crippen LogP contribution in [0.15, 0.2) is 41.3 Å². The van der Waals surface area contributed by atoms with Gasteiger partial charge in [-0.25, -0.2) is 19.0 Å². The van der Waals surface area contributed by atoms with Gasteiger partial charge in [0.15, 0.2) is 0 Å². The highest BCUT2D eigenvalue weighted by molar-refractivity contribution is 6.31. The van der Waals surface area contributed by atoms with Crippen molar-refractivity contribution in [3.8, 4) is 5.82 Å². The molecule has 164 valence electrons. The first-order valence-corrected chi connectivity index (χ1v) is 9.67. The van der Waals surface area contributed by atoms with Crippen LogP contribution in [-0.2, 0) is 17.5 Å². The Morgan fingerprint density at radius 1 is 1.23 bits per heavy atom. The van der Waals surface area contributed by atoms with E-state index in [0.717, 1.165) is 23.4 Å². The van der Waals surface area contributed by atoms with Crippen molar-refractivity contribution in [1.29, 1.82) is 0 Å². The zero-order chi connectivity index (χ0) is 22.9. The third-order valence-corrected chi connectivity index (χ3v) is 5.03. The van der Waals surface area contributed by atoms with Crippen molar-refractivity contribution in [3.05, 3.63) is 74.0 Å². The first-order valence-electron chi connectivity index (χ1n) is 8.91. The zero-order valence-electron chi connectivity index (χ0n) is 16.2. The fourth-order valence-electron chi connectivity index (χ4n) is 2.84. The zero-order valence-corrected chi connectivity index (χ0v) is 17.8. The van der Waals surface area contributed by atoms with Crippen molar-refractivity contribution in [2.45, 2.75) is 32.6 Å². The van der Waals surface area contributed by atoms with Crippen molar-refractivity contribution < 1.29 is 18.0 Å². The molecule has 1 atom stereocenters. The number of nitrogens with one attached hydrogen (secondary N) is 1. The van der Waals surface area contributed by atoms with Gasteiger partial charge in [-0.2, -0.15) is 13.2 Å². The van der Waals surface area contributed by atoms with Gasteiger partial charge in [-0.05, 0) is 43.2 Å². The lowest BCUT2D eigenvalue weighted by Gasteiger charge is -2.15. The Bertz CT molecular complexity index is 1170. The standard InChI is InChI=1S/C19H16Cl2F3N5O2/c1-10-7-12(3-5-14(10)21)11(2)26-16(30)9-28-18(31)29(17(27-28)19(22,23)24)15-6-4-13(20)8-25-15/h3-8,11H,9H2,1-2H3,(H,26,30)/t11-/m0/s1. The molecule has 0 fully saturated rings. The molecule has 3 aromatic rings. The van der Waals surface area contributed by atoms with Crippen molar-refractivity contribution in [1.82, 2.24) is 24.6 Å². The van der Waals surface area contributed by atoms with E-state index in [2.05, 4.69) is 15.4 Å². The maximum absolute atomic E-state index is 13.4. The number of rotatable bonds is 5. The molecule has 2 heterocycles. The summed E-state index contributed by atoms with van der Waals surface area (Å²) in [4.78, 5) is 28.7. The molecule has 0 saturated heterocycles. The van der Waals surface area contributed by atoms with Crippen LogP contribution >= 0.6 is 23.2 Å². The van der Waals surface area contributed by atoms with E-state index in [0.29, 0.717) is 9.70 Å². The van der Waals surface area contributed by atoms with Crippen LogP contribution in [0.4, 0.5) is 13.2 Å². The Morgan fingerprint density at radius 2 is 1.94 bits per heavy atom. The van der Waals surface area contributed by atoms with E-state index < -0.39 is 36.2 Å². The maximum Gasteiger partial charge on any atom is 0.452 e.